The maximum atomic E-state index is 13.2. The number of aromatic nitrogens is 4. The average molecular weight is 374 g/mol. The van der Waals surface area contributed by atoms with E-state index in [2.05, 4.69) is 20.1 Å². The molecule has 2 aliphatic heterocycles. The summed E-state index contributed by atoms with van der Waals surface area (Å²) in [4.78, 5) is 21.7. The van der Waals surface area contributed by atoms with E-state index in [1.54, 1.807) is 10.9 Å². The molecule has 2 aromatic rings. The van der Waals surface area contributed by atoms with Crippen LogP contribution in [0.3, 0.4) is 0 Å². The number of carbonyl (C=O) groups is 1. The fraction of sp³-hybridized carbons (Fsp3) is 0.667. The van der Waals surface area contributed by atoms with Crippen molar-refractivity contribution in [2.24, 2.45) is 13.0 Å². The summed E-state index contributed by atoms with van der Waals surface area (Å²) in [7, 11) is 1.90. The monoisotopic (exact) mass is 374 g/mol. The van der Waals surface area contributed by atoms with E-state index in [0.717, 1.165) is 31.6 Å². The second-order valence-electron chi connectivity index (χ2n) is 7.26. The van der Waals surface area contributed by atoms with Crippen molar-refractivity contribution in [2.75, 3.05) is 32.8 Å². The summed E-state index contributed by atoms with van der Waals surface area (Å²) >= 11 is 0. The summed E-state index contributed by atoms with van der Waals surface area (Å²) in [5.41, 5.74) is 0.971. The van der Waals surface area contributed by atoms with Crippen LogP contribution in [0.2, 0.25) is 0 Å². The van der Waals surface area contributed by atoms with E-state index in [1.165, 1.54) is 0 Å². The Morgan fingerprint density at radius 3 is 2.78 bits per heavy atom. The number of nitrogens with zero attached hydrogens (tertiary/aromatic N) is 6. The quantitative estimate of drug-likeness (QED) is 0.786. The van der Waals surface area contributed by atoms with Gasteiger partial charge in [-0.3, -0.25) is 14.4 Å². The summed E-state index contributed by atoms with van der Waals surface area (Å²) in [6.07, 6.45) is 3.32. The van der Waals surface area contributed by atoms with Crippen molar-refractivity contribution in [1.29, 1.82) is 0 Å². The first-order chi connectivity index (χ1) is 13.1. The highest BCUT2D eigenvalue weighted by Gasteiger charge is 2.37. The Morgan fingerprint density at radius 2 is 2.11 bits per heavy atom. The molecule has 0 radical (unpaired) electrons. The molecule has 0 spiro atoms. The van der Waals surface area contributed by atoms with Crippen LogP contribution in [-0.2, 0) is 23.1 Å². The lowest BCUT2D eigenvalue weighted by Crippen LogP contribution is -2.51. The number of ether oxygens (including phenoxy) is 1. The lowest BCUT2D eigenvalue weighted by Gasteiger charge is -2.38. The number of carbonyl (C=O) groups excluding carboxylic acids is 1. The van der Waals surface area contributed by atoms with Gasteiger partial charge < -0.3 is 14.2 Å². The molecule has 9 heteroatoms. The Hall–Kier alpha value is -2.26. The smallest absolute Gasteiger partial charge is 0.240 e. The van der Waals surface area contributed by atoms with Crippen LogP contribution in [0.15, 0.2) is 16.8 Å². The van der Waals surface area contributed by atoms with E-state index in [-0.39, 0.29) is 17.9 Å². The number of aryl methyl sites for hydroxylation is 2. The minimum absolute atomic E-state index is 0.140. The summed E-state index contributed by atoms with van der Waals surface area (Å²) < 4.78 is 13.0. The van der Waals surface area contributed by atoms with Crippen LogP contribution in [0.25, 0.3) is 0 Å². The van der Waals surface area contributed by atoms with Crippen LogP contribution < -0.4 is 0 Å². The molecule has 0 aromatic carbocycles. The molecular formula is C18H26N6O3. The topological polar surface area (TPSA) is 89.5 Å². The van der Waals surface area contributed by atoms with E-state index < -0.39 is 0 Å². The minimum atomic E-state index is -0.210. The first-order valence-electron chi connectivity index (χ1n) is 9.51. The van der Waals surface area contributed by atoms with E-state index in [0.29, 0.717) is 38.0 Å². The Balaban J connectivity index is 1.37. The molecule has 146 valence electrons. The predicted molar refractivity (Wildman–Crippen MR) is 95.5 cm³/mol. The number of amides is 1. The van der Waals surface area contributed by atoms with Gasteiger partial charge in [-0.1, -0.05) is 5.16 Å². The van der Waals surface area contributed by atoms with Crippen molar-refractivity contribution in [3.8, 4) is 0 Å². The molecule has 0 N–H and O–H groups in total. The molecule has 4 heterocycles. The van der Waals surface area contributed by atoms with E-state index in [9.17, 15) is 4.79 Å². The number of rotatable bonds is 4. The zero-order chi connectivity index (χ0) is 18.8. The molecule has 2 atom stereocenters. The van der Waals surface area contributed by atoms with Gasteiger partial charge in [0.05, 0.1) is 18.2 Å². The van der Waals surface area contributed by atoms with Gasteiger partial charge in [-0.2, -0.15) is 10.1 Å². The molecular weight excluding hydrogens is 348 g/mol. The molecule has 0 bridgehead atoms. The molecule has 2 fully saturated rings. The number of hydrogen-bond donors (Lipinski definition) is 0. The lowest BCUT2D eigenvalue weighted by molar-refractivity contribution is -0.147. The molecule has 0 saturated carbocycles. The number of hydrogen-bond acceptors (Lipinski definition) is 7. The normalized spacial score (nSPS) is 24.3. The third-order valence-electron chi connectivity index (χ3n) is 5.40. The predicted octanol–water partition coefficient (Wildman–Crippen LogP) is 0.924. The molecule has 2 aromatic heterocycles. The lowest BCUT2D eigenvalue weighted by atomic mass is 9.90. The van der Waals surface area contributed by atoms with Gasteiger partial charge in [-0.05, 0) is 25.8 Å². The Kier molecular flexibility index (Phi) is 5.22. The van der Waals surface area contributed by atoms with Gasteiger partial charge >= 0.3 is 0 Å². The molecule has 4 rings (SSSR count). The first-order valence-corrected chi connectivity index (χ1v) is 9.51. The Bertz CT molecular complexity index is 780. The minimum Gasteiger partial charge on any atom is -0.371 e. The van der Waals surface area contributed by atoms with Crippen LogP contribution in [0.1, 0.15) is 36.4 Å². The Labute approximate surface area is 158 Å². The SMILES string of the molecule is Cc1noc(CN2CCN(C(=O)[C@@H]3CCCO[C@H]3c3ccnn3C)CC2)n1. The van der Waals surface area contributed by atoms with Crippen LogP contribution >= 0.6 is 0 Å². The van der Waals surface area contributed by atoms with Crippen molar-refractivity contribution in [3.05, 3.63) is 29.7 Å². The van der Waals surface area contributed by atoms with Gasteiger partial charge in [0.25, 0.3) is 0 Å². The maximum absolute atomic E-state index is 13.2. The van der Waals surface area contributed by atoms with Crippen molar-refractivity contribution in [1.82, 2.24) is 29.7 Å². The molecule has 2 saturated heterocycles. The van der Waals surface area contributed by atoms with E-state index >= 15 is 0 Å². The van der Waals surface area contributed by atoms with Crippen LogP contribution in [0, 0.1) is 12.8 Å². The highest BCUT2D eigenvalue weighted by atomic mass is 16.5. The van der Waals surface area contributed by atoms with Gasteiger partial charge in [0.15, 0.2) is 5.82 Å². The molecule has 0 aliphatic carbocycles. The Morgan fingerprint density at radius 1 is 1.30 bits per heavy atom. The summed E-state index contributed by atoms with van der Waals surface area (Å²) in [6, 6.07) is 1.95. The van der Waals surface area contributed by atoms with Crippen molar-refractivity contribution in [2.45, 2.75) is 32.4 Å². The van der Waals surface area contributed by atoms with Crippen molar-refractivity contribution in [3.63, 3.8) is 0 Å². The highest BCUT2D eigenvalue weighted by Crippen LogP contribution is 2.34. The van der Waals surface area contributed by atoms with E-state index in [1.807, 2.05) is 24.9 Å². The second-order valence-corrected chi connectivity index (χ2v) is 7.26. The first kappa shape index (κ1) is 18.1. The average Bonchev–Trinajstić information content (AvgIpc) is 3.30. The molecule has 27 heavy (non-hydrogen) atoms. The molecule has 0 unspecified atom stereocenters. The zero-order valence-corrected chi connectivity index (χ0v) is 15.9. The largest absolute Gasteiger partial charge is 0.371 e. The van der Waals surface area contributed by atoms with Crippen LogP contribution in [-0.4, -0.2) is 68.4 Å². The van der Waals surface area contributed by atoms with E-state index in [4.69, 9.17) is 9.26 Å². The fourth-order valence-corrected chi connectivity index (χ4v) is 3.95. The third kappa shape index (κ3) is 3.89. The van der Waals surface area contributed by atoms with Gasteiger partial charge in [-0.15, -0.1) is 0 Å². The van der Waals surface area contributed by atoms with Crippen molar-refractivity contribution < 1.29 is 14.1 Å². The van der Waals surface area contributed by atoms with Gasteiger partial charge in [-0.25, -0.2) is 0 Å². The number of piperazine rings is 1. The molecule has 2 aliphatic rings. The van der Waals surface area contributed by atoms with Crippen LogP contribution in [0.5, 0.6) is 0 Å². The standard InChI is InChI=1S/C18H26N6O3/c1-13-20-16(27-21-13)12-23-7-9-24(10-8-23)18(25)14-4-3-11-26-17(14)15-5-6-19-22(15)2/h5-6,14,17H,3-4,7-12H2,1-2H3/t14-,17-/m1/s1. The molecule has 9 nitrogen and oxygen atoms in total. The van der Waals surface area contributed by atoms with Gasteiger partial charge in [0.1, 0.15) is 6.10 Å². The van der Waals surface area contributed by atoms with Gasteiger partial charge in [0, 0.05) is 46.0 Å². The maximum Gasteiger partial charge on any atom is 0.240 e. The van der Waals surface area contributed by atoms with Gasteiger partial charge in [0.2, 0.25) is 11.8 Å². The highest BCUT2D eigenvalue weighted by molar-refractivity contribution is 5.79. The summed E-state index contributed by atoms with van der Waals surface area (Å²) in [6.45, 7) is 6.16. The molecule has 1 amide bonds. The third-order valence-corrected chi connectivity index (χ3v) is 5.40. The second kappa shape index (κ2) is 7.77. The van der Waals surface area contributed by atoms with Crippen molar-refractivity contribution >= 4 is 5.91 Å². The fourth-order valence-electron chi connectivity index (χ4n) is 3.95. The summed E-state index contributed by atoms with van der Waals surface area (Å²) in [5, 5.41) is 8.06. The van der Waals surface area contributed by atoms with Crippen LogP contribution in [0.4, 0.5) is 0 Å². The summed E-state index contributed by atoms with van der Waals surface area (Å²) in [5.74, 6) is 1.33. The zero-order valence-electron chi connectivity index (χ0n) is 15.9.